The van der Waals surface area contributed by atoms with Gasteiger partial charge < -0.3 is 14.2 Å². The van der Waals surface area contributed by atoms with E-state index in [4.69, 9.17) is 14.2 Å². The molecule has 0 N–H and O–H groups in total. The minimum absolute atomic E-state index is 0.488. The maximum atomic E-state index is 5.69. The van der Waals surface area contributed by atoms with Crippen molar-refractivity contribution in [3.63, 3.8) is 0 Å². The Morgan fingerprint density at radius 1 is 1.00 bits per heavy atom. The minimum Gasteiger partial charge on any atom is -0.498 e. The molecule has 0 atom stereocenters. The van der Waals surface area contributed by atoms with Gasteiger partial charge in [-0.2, -0.15) is 0 Å². The van der Waals surface area contributed by atoms with Gasteiger partial charge in [-0.05, 0) is 12.1 Å². The highest BCUT2D eigenvalue weighted by Crippen LogP contribution is 2.31. The van der Waals surface area contributed by atoms with Gasteiger partial charge in [0.25, 0.3) is 0 Å². The molecule has 0 aliphatic rings. The van der Waals surface area contributed by atoms with Crippen LogP contribution in [0.15, 0.2) is 49.2 Å². The molecule has 0 radical (unpaired) electrons. The van der Waals surface area contributed by atoms with Crippen LogP contribution in [-0.2, 0) is 4.74 Å². The van der Waals surface area contributed by atoms with Crippen LogP contribution in [0.4, 0.5) is 0 Å². The number of fused-ring (bicyclic) bond motifs is 1. The van der Waals surface area contributed by atoms with Gasteiger partial charge in [-0.1, -0.05) is 30.8 Å². The van der Waals surface area contributed by atoms with Gasteiger partial charge in [0, 0.05) is 10.8 Å². The van der Waals surface area contributed by atoms with Gasteiger partial charge in [0.1, 0.15) is 24.7 Å². The average molecular weight is 244 g/mol. The van der Waals surface area contributed by atoms with Crippen LogP contribution in [0.25, 0.3) is 10.8 Å². The summed E-state index contributed by atoms with van der Waals surface area (Å²) < 4.78 is 16.1. The van der Waals surface area contributed by atoms with Crippen molar-refractivity contribution >= 4 is 10.8 Å². The van der Waals surface area contributed by atoms with Crippen LogP contribution in [0, 0.1) is 0 Å². The lowest BCUT2D eigenvalue weighted by Crippen LogP contribution is -2.04. The zero-order valence-electron chi connectivity index (χ0n) is 10.4. The summed E-state index contributed by atoms with van der Waals surface area (Å²) in [6.07, 6.45) is 1.41. The van der Waals surface area contributed by atoms with Gasteiger partial charge in [0.15, 0.2) is 0 Å². The molecule has 3 heteroatoms. The topological polar surface area (TPSA) is 27.7 Å². The van der Waals surface area contributed by atoms with E-state index >= 15 is 0 Å². The minimum atomic E-state index is 0.488. The number of ether oxygens (including phenoxy) is 3. The van der Waals surface area contributed by atoms with Gasteiger partial charge in [0.2, 0.25) is 0 Å². The van der Waals surface area contributed by atoms with E-state index in [1.54, 1.807) is 7.11 Å². The Bertz CT molecular complexity index is 534. The molecule has 0 fully saturated rings. The van der Waals surface area contributed by atoms with E-state index in [0.29, 0.717) is 13.2 Å². The van der Waals surface area contributed by atoms with Gasteiger partial charge in [-0.15, -0.1) is 0 Å². The highest BCUT2D eigenvalue weighted by Gasteiger charge is 2.05. The lowest BCUT2D eigenvalue weighted by atomic mass is 10.1. The molecule has 2 rings (SSSR count). The Kier molecular flexibility index (Phi) is 4.07. The molecule has 2 aromatic carbocycles. The van der Waals surface area contributed by atoms with Crippen LogP contribution >= 0.6 is 0 Å². The monoisotopic (exact) mass is 244 g/mol. The number of methoxy groups -OCH3 is 1. The zero-order valence-corrected chi connectivity index (χ0v) is 10.4. The van der Waals surface area contributed by atoms with Crippen molar-refractivity contribution in [1.29, 1.82) is 0 Å². The van der Waals surface area contributed by atoms with Gasteiger partial charge in [-0.3, -0.25) is 0 Å². The zero-order chi connectivity index (χ0) is 12.8. The third-order valence-electron chi connectivity index (χ3n) is 2.64. The molecule has 0 saturated carbocycles. The Balaban J connectivity index is 2.25. The summed E-state index contributed by atoms with van der Waals surface area (Å²) in [5.74, 6) is 1.68. The molecule has 2 aromatic rings. The van der Waals surface area contributed by atoms with Crippen molar-refractivity contribution in [3.05, 3.63) is 49.2 Å². The van der Waals surface area contributed by atoms with Crippen LogP contribution < -0.4 is 9.47 Å². The first-order chi connectivity index (χ1) is 8.86. The van der Waals surface area contributed by atoms with Crippen molar-refractivity contribution < 1.29 is 14.2 Å². The molecule has 0 aromatic heterocycles. The summed E-state index contributed by atoms with van der Waals surface area (Å²) in [6.45, 7) is 4.46. The van der Waals surface area contributed by atoms with E-state index in [2.05, 4.69) is 6.58 Å². The van der Waals surface area contributed by atoms with Crippen molar-refractivity contribution in [2.24, 2.45) is 0 Å². The summed E-state index contributed by atoms with van der Waals surface area (Å²) in [5, 5.41) is 2.08. The molecule has 0 aliphatic heterocycles. The second-order valence-corrected chi connectivity index (χ2v) is 3.70. The van der Waals surface area contributed by atoms with Gasteiger partial charge in [0.05, 0.1) is 13.4 Å². The molecule has 0 bridgehead atoms. The van der Waals surface area contributed by atoms with Crippen molar-refractivity contribution in [1.82, 2.24) is 0 Å². The van der Waals surface area contributed by atoms with E-state index in [9.17, 15) is 0 Å². The van der Waals surface area contributed by atoms with E-state index in [1.165, 1.54) is 6.26 Å². The lowest BCUT2D eigenvalue weighted by Gasteiger charge is -2.11. The van der Waals surface area contributed by atoms with E-state index in [1.807, 2.05) is 36.4 Å². The normalized spacial score (nSPS) is 10.1. The van der Waals surface area contributed by atoms with E-state index < -0.39 is 0 Å². The Morgan fingerprint density at radius 3 is 2.33 bits per heavy atom. The molecule has 0 heterocycles. The first-order valence-electron chi connectivity index (χ1n) is 5.78. The van der Waals surface area contributed by atoms with Crippen LogP contribution in [0.2, 0.25) is 0 Å². The quantitative estimate of drug-likeness (QED) is 0.576. The Labute approximate surface area is 107 Å². The largest absolute Gasteiger partial charge is 0.498 e. The van der Waals surface area contributed by atoms with Gasteiger partial charge >= 0.3 is 0 Å². The summed E-state index contributed by atoms with van der Waals surface area (Å²) in [5.41, 5.74) is 0. The van der Waals surface area contributed by atoms with Crippen LogP contribution in [0.5, 0.6) is 11.5 Å². The number of rotatable bonds is 6. The number of hydrogen-bond donors (Lipinski definition) is 0. The Morgan fingerprint density at radius 2 is 1.67 bits per heavy atom. The fourth-order valence-electron chi connectivity index (χ4n) is 1.84. The highest BCUT2D eigenvalue weighted by molar-refractivity contribution is 5.93. The second kappa shape index (κ2) is 5.96. The first kappa shape index (κ1) is 12.3. The maximum Gasteiger partial charge on any atom is 0.127 e. The fourth-order valence-corrected chi connectivity index (χ4v) is 1.84. The second-order valence-electron chi connectivity index (χ2n) is 3.70. The van der Waals surface area contributed by atoms with Crippen molar-refractivity contribution in [2.45, 2.75) is 0 Å². The molecule has 94 valence electrons. The molecule has 0 spiro atoms. The van der Waals surface area contributed by atoms with Crippen LogP contribution in [0.1, 0.15) is 0 Å². The van der Waals surface area contributed by atoms with Crippen LogP contribution in [0.3, 0.4) is 0 Å². The first-order valence-corrected chi connectivity index (χ1v) is 5.78. The highest BCUT2D eigenvalue weighted by atomic mass is 16.5. The van der Waals surface area contributed by atoms with Crippen LogP contribution in [-0.4, -0.2) is 20.3 Å². The predicted octanol–water partition coefficient (Wildman–Crippen LogP) is 3.39. The third kappa shape index (κ3) is 2.56. The molecule has 18 heavy (non-hydrogen) atoms. The third-order valence-corrected chi connectivity index (χ3v) is 2.64. The number of hydrogen-bond acceptors (Lipinski definition) is 3. The molecule has 0 aliphatic carbocycles. The number of benzene rings is 2. The SMILES string of the molecule is C=COCCOc1cccc2c(OC)cccc12. The van der Waals surface area contributed by atoms with E-state index in [-0.39, 0.29) is 0 Å². The molecule has 0 saturated heterocycles. The molecular weight excluding hydrogens is 228 g/mol. The molecule has 3 nitrogen and oxygen atoms in total. The van der Waals surface area contributed by atoms with Crippen molar-refractivity contribution in [2.75, 3.05) is 20.3 Å². The molecular formula is C15H16O3. The summed E-state index contributed by atoms with van der Waals surface area (Å²) >= 11 is 0. The fraction of sp³-hybridized carbons (Fsp3) is 0.200. The summed E-state index contributed by atoms with van der Waals surface area (Å²) in [7, 11) is 1.67. The predicted molar refractivity (Wildman–Crippen MR) is 72.1 cm³/mol. The smallest absolute Gasteiger partial charge is 0.127 e. The van der Waals surface area contributed by atoms with E-state index in [0.717, 1.165) is 22.3 Å². The molecule has 0 amide bonds. The summed E-state index contributed by atoms with van der Waals surface area (Å²) in [4.78, 5) is 0. The standard InChI is InChI=1S/C15H16O3/c1-3-17-10-11-18-15-9-5-6-12-13(15)7-4-8-14(12)16-2/h3-9H,1,10-11H2,2H3. The Hall–Kier alpha value is -2.16. The summed E-state index contributed by atoms with van der Waals surface area (Å²) in [6, 6.07) is 11.8. The maximum absolute atomic E-state index is 5.69. The average Bonchev–Trinajstić information content (AvgIpc) is 2.43. The molecule has 0 unspecified atom stereocenters. The van der Waals surface area contributed by atoms with Crippen molar-refractivity contribution in [3.8, 4) is 11.5 Å². The lowest BCUT2D eigenvalue weighted by molar-refractivity contribution is 0.181. The van der Waals surface area contributed by atoms with Gasteiger partial charge in [-0.25, -0.2) is 0 Å².